The summed E-state index contributed by atoms with van der Waals surface area (Å²) in [4.78, 5) is 23.6. The summed E-state index contributed by atoms with van der Waals surface area (Å²) in [5.74, 6) is -2.19. The molecule has 1 aromatic carbocycles. The van der Waals surface area contributed by atoms with E-state index >= 15 is 0 Å². The van der Waals surface area contributed by atoms with Gasteiger partial charge in [-0.25, -0.2) is 0 Å². The molecule has 2 rings (SSSR count). The van der Waals surface area contributed by atoms with Crippen LogP contribution in [-0.4, -0.2) is 17.0 Å². The number of aliphatic carboxylic acids is 1. The van der Waals surface area contributed by atoms with Crippen LogP contribution in [0.5, 0.6) is 0 Å². The van der Waals surface area contributed by atoms with Crippen molar-refractivity contribution in [2.45, 2.75) is 32.7 Å². The molecule has 4 heteroatoms. The molecule has 1 amide bonds. The molecule has 0 radical (unpaired) electrons. The van der Waals surface area contributed by atoms with Crippen LogP contribution < -0.4 is 5.32 Å². The SMILES string of the molecule is Cc1ccc([C@@H](C)NC(=O)C2CC=CCC2C(=O)O)cc1. The average Bonchev–Trinajstić information content (AvgIpc) is 2.47. The van der Waals surface area contributed by atoms with Gasteiger partial charge in [-0.05, 0) is 32.3 Å². The van der Waals surface area contributed by atoms with Gasteiger partial charge in [0.2, 0.25) is 5.91 Å². The van der Waals surface area contributed by atoms with Crippen molar-refractivity contribution in [1.29, 1.82) is 0 Å². The van der Waals surface area contributed by atoms with Crippen LogP contribution in [0.15, 0.2) is 36.4 Å². The molecule has 0 bridgehead atoms. The molecule has 0 heterocycles. The third-order valence-electron chi connectivity index (χ3n) is 4.02. The minimum atomic E-state index is -0.900. The van der Waals surface area contributed by atoms with Gasteiger partial charge < -0.3 is 10.4 Å². The van der Waals surface area contributed by atoms with Crippen molar-refractivity contribution >= 4 is 11.9 Å². The first kappa shape index (κ1) is 15.3. The lowest BCUT2D eigenvalue weighted by atomic mass is 9.82. The zero-order valence-corrected chi connectivity index (χ0v) is 12.4. The van der Waals surface area contributed by atoms with Crippen molar-refractivity contribution < 1.29 is 14.7 Å². The molecule has 21 heavy (non-hydrogen) atoms. The van der Waals surface area contributed by atoms with Gasteiger partial charge in [0.05, 0.1) is 17.9 Å². The molecule has 0 aliphatic heterocycles. The first-order valence-corrected chi connectivity index (χ1v) is 7.23. The van der Waals surface area contributed by atoms with Gasteiger partial charge in [-0.3, -0.25) is 9.59 Å². The number of carboxylic acids is 1. The second-order valence-corrected chi connectivity index (χ2v) is 5.63. The Bertz CT molecular complexity index is 548. The lowest BCUT2D eigenvalue weighted by Crippen LogP contribution is -2.39. The summed E-state index contributed by atoms with van der Waals surface area (Å²) in [5.41, 5.74) is 2.19. The topological polar surface area (TPSA) is 66.4 Å². The van der Waals surface area contributed by atoms with Crippen LogP contribution in [-0.2, 0) is 9.59 Å². The van der Waals surface area contributed by atoms with Gasteiger partial charge in [0.15, 0.2) is 0 Å². The van der Waals surface area contributed by atoms with Crippen LogP contribution in [0.25, 0.3) is 0 Å². The van der Waals surface area contributed by atoms with E-state index < -0.39 is 17.8 Å². The van der Waals surface area contributed by atoms with Gasteiger partial charge in [-0.15, -0.1) is 0 Å². The molecule has 1 aromatic rings. The van der Waals surface area contributed by atoms with E-state index in [2.05, 4.69) is 5.32 Å². The fourth-order valence-corrected chi connectivity index (χ4v) is 2.64. The Balaban J connectivity index is 2.04. The number of carboxylic acid groups (broad SMARTS) is 1. The maximum Gasteiger partial charge on any atom is 0.307 e. The molecule has 2 unspecified atom stereocenters. The highest BCUT2D eigenvalue weighted by Gasteiger charge is 2.34. The Morgan fingerprint density at radius 1 is 1.14 bits per heavy atom. The van der Waals surface area contributed by atoms with Crippen molar-refractivity contribution in [2.24, 2.45) is 11.8 Å². The zero-order chi connectivity index (χ0) is 15.4. The molecule has 0 aromatic heterocycles. The number of carbonyl (C=O) groups is 2. The van der Waals surface area contributed by atoms with Gasteiger partial charge in [0.25, 0.3) is 0 Å². The van der Waals surface area contributed by atoms with Crippen molar-refractivity contribution in [3.63, 3.8) is 0 Å². The minimum absolute atomic E-state index is 0.126. The van der Waals surface area contributed by atoms with Crippen molar-refractivity contribution in [3.05, 3.63) is 47.5 Å². The summed E-state index contributed by atoms with van der Waals surface area (Å²) in [6.45, 7) is 3.93. The molecular weight excluding hydrogens is 266 g/mol. The molecule has 4 nitrogen and oxygen atoms in total. The van der Waals surface area contributed by atoms with E-state index in [0.717, 1.165) is 5.56 Å². The Labute approximate surface area is 124 Å². The number of benzene rings is 1. The molecule has 0 spiro atoms. The molecule has 2 N–H and O–H groups in total. The van der Waals surface area contributed by atoms with E-state index in [0.29, 0.717) is 12.8 Å². The first-order chi connectivity index (χ1) is 9.99. The van der Waals surface area contributed by atoms with E-state index in [4.69, 9.17) is 0 Å². The molecule has 0 fully saturated rings. The Hall–Kier alpha value is -2.10. The van der Waals surface area contributed by atoms with E-state index in [1.54, 1.807) is 0 Å². The standard InChI is InChI=1S/C17H21NO3/c1-11-7-9-13(10-8-11)12(2)18-16(19)14-5-3-4-6-15(14)17(20)21/h3-4,7-10,12,14-15H,5-6H2,1-2H3,(H,18,19)(H,20,21)/t12-,14?,15?/m1/s1. The van der Waals surface area contributed by atoms with Gasteiger partial charge in [-0.2, -0.15) is 0 Å². The van der Waals surface area contributed by atoms with Crippen molar-refractivity contribution in [3.8, 4) is 0 Å². The molecule has 0 saturated heterocycles. The second kappa shape index (κ2) is 6.57. The number of amides is 1. The van der Waals surface area contributed by atoms with Crippen molar-refractivity contribution in [2.75, 3.05) is 0 Å². The van der Waals surface area contributed by atoms with Gasteiger partial charge in [-0.1, -0.05) is 42.0 Å². The van der Waals surface area contributed by atoms with Crippen molar-refractivity contribution in [1.82, 2.24) is 5.32 Å². The summed E-state index contributed by atoms with van der Waals surface area (Å²) >= 11 is 0. The van der Waals surface area contributed by atoms with E-state index in [-0.39, 0.29) is 11.9 Å². The molecule has 0 saturated carbocycles. The molecular formula is C17H21NO3. The number of carbonyl (C=O) groups excluding carboxylic acids is 1. The lowest BCUT2D eigenvalue weighted by Gasteiger charge is -2.26. The highest BCUT2D eigenvalue weighted by Crippen LogP contribution is 2.27. The maximum atomic E-state index is 12.4. The number of allylic oxidation sites excluding steroid dienone is 2. The zero-order valence-electron chi connectivity index (χ0n) is 12.4. The quantitative estimate of drug-likeness (QED) is 0.837. The van der Waals surface area contributed by atoms with E-state index in [1.165, 1.54) is 5.56 Å². The maximum absolute atomic E-state index is 12.4. The minimum Gasteiger partial charge on any atom is -0.481 e. The number of rotatable bonds is 4. The number of hydrogen-bond acceptors (Lipinski definition) is 2. The fraction of sp³-hybridized carbons (Fsp3) is 0.412. The molecule has 112 valence electrons. The normalized spacial score (nSPS) is 22.6. The Kier molecular flexibility index (Phi) is 4.78. The summed E-state index contributed by atoms with van der Waals surface area (Å²) in [6.07, 6.45) is 4.64. The molecule has 1 aliphatic carbocycles. The van der Waals surface area contributed by atoms with Crippen LogP contribution in [0, 0.1) is 18.8 Å². The lowest BCUT2D eigenvalue weighted by molar-refractivity contribution is -0.147. The highest BCUT2D eigenvalue weighted by atomic mass is 16.4. The summed E-state index contributed by atoms with van der Waals surface area (Å²) < 4.78 is 0. The monoisotopic (exact) mass is 287 g/mol. The Morgan fingerprint density at radius 2 is 1.71 bits per heavy atom. The van der Waals surface area contributed by atoms with Gasteiger partial charge in [0.1, 0.15) is 0 Å². The number of aryl methyl sites for hydroxylation is 1. The van der Waals surface area contributed by atoms with Crippen LogP contribution in [0.2, 0.25) is 0 Å². The number of hydrogen-bond donors (Lipinski definition) is 2. The predicted octanol–water partition coefficient (Wildman–Crippen LogP) is 2.84. The Morgan fingerprint density at radius 3 is 2.29 bits per heavy atom. The van der Waals surface area contributed by atoms with Crippen LogP contribution in [0.4, 0.5) is 0 Å². The van der Waals surface area contributed by atoms with Crippen LogP contribution in [0.3, 0.4) is 0 Å². The number of nitrogens with one attached hydrogen (secondary N) is 1. The largest absolute Gasteiger partial charge is 0.481 e. The van der Waals surface area contributed by atoms with Gasteiger partial charge >= 0.3 is 5.97 Å². The third kappa shape index (κ3) is 3.72. The summed E-state index contributed by atoms with van der Waals surface area (Å²) in [7, 11) is 0. The van der Waals surface area contributed by atoms with Crippen LogP contribution >= 0.6 is 0 Å². The molecule has 3 atom stereocenters. The van der Waals surface area contributed by atoms with Crippen LogP contribution in [0.1, 0.15) is 36.9 Å². The predicted molar refractivity (Wildman–Crippen MR) is 80.7 cm³/mol. The third-order valence-corrected chi connectivity index (χ3v) is 4.02. The smallest absolute Gasteiger partial charge is 0.307 e. The van der Waals surface area contributed by atoms with E-state index in [9.17, 15) is 14.7 Å². The average molecular weight is 287 g/mol. The summed E-state index contributed by atoms with van der Waals surface area (Å²) in [5, 5.41) is 12.2. The summed E-state index contributed by atoms with van der Waals surface area (Å²) in [6, 6.07) is 7.84. The van der Waals surface area contributed by atoms with Gasteiger partial charge in [0, 0.05) is 0 Å². The highest BCUT2D eigenvalue weighted by molar-refractivity contribution is 5.85. The first-order valence-electron chi connectivity index (χ1n) is 7.23. The fourth-order valence-electron chi connectivity index (χ4n) is 2.64. The van der Waals surface area contributed by atoms with E-state index in [1.807, 2.05) is 50.3 Å². The molecule has 1 aliphatic rings. The second-order valence-electron chi connectivity index (χ2n) is 5.63.